The van der Waals surface area contributed by atoms with E-state index in [0.717, 1.165) is 0 Å². The lowest BCUT2D eigenvalue weighted by Gasteiger charge is -2.20. The number of nitrogens with one attached hydrogen (secondary N) is 1. The number of halogens is 1. The Morgan fingerprint density at radius 2 is 1.90 bits per heavy atom. The predicted molar refractivity (Wildman–Crippen MR) is 118 cm³/mol. The lowest BCUT2D eigenvalue weighted by Crippen LogP contribution is -2.27. The Bertz CT molecular complexity index is 1130. The van der Waals surface area contributed by atoms with Crippen LogP contribution in [-0.2, 0) is 23.1 Å². The molecular weight excluding hydrogens is 440 g/mol. The molecule has 0 radical (unpaired) electrons. The molecule has 0 spiro atoms. The van der Waals surface area contributed by atoms with E-state index in [0.29, 0.717) is 34.3 Å². The Balaban J connectivity index is 1.81. The second kappa shape index (κ2) is 10.00. The zero-order valence-electron chi connectivity index (χ0n) is 17.2. The van der Waals surface area contributed by atoms with E-state index in [9.17, 15) is 13.2 Å². The minimum Gasteiger partial charge on any atom is -0.494 e. The normalized spacial score (nSPS) is 11.5. The molecule has 3 aromatic rings. The summed E-state index contributed by atoms with van der Waals surface area (Å²) in [5.41, 5.74) is 0.967. The minimum atomic E-state index is -3.75. The predicted octanol–water partition coefficient (Wildman–Crippen LogP) is 4.08. The quantitative estimate of drug-likeness (QED) is 0.517. The first-order valence-electron chi connectivity index (χ1n) is 9.59. The Morgan fingerprint density at radius 3 is 2.55 bits per heavy atom. The van der Waals surface area contributed by atoms with Crippen LogP contribution >= 0.6 is 11.6 Å². The molecule has 9 heteroatoms. The molecule has 0 aliphatic heterocycles. The van der Waals surface area contributed by atoms with Crippen molar-refractivity contribution in [3.63, 3.8) is 0 Å². The smallest absolute Gasteiger partial charge is 0.251 e. The summed E-state index contributed by atoms with van der Waals surface area (Å²) in [5.74, 6) is 0.848. The van der Waals surface area contributed by atoms with Crippen molar-refractivity contribution in [3.05, 3.63) is 82.8 Å². The van der Waals surface area contributed by atoms with Crippen molar-refractivity contribution in [1.82, 2.24) is 9.62 Å². The molecule has 3 rings (SSSR count). The fraction of sp³-hybridized carbons (Fsp3) is 0.227. The summed E-state index contributed by atoms with van der Waals surface area (Å²) >= 11 is 5.86. The van der Waals surface area contributed by atoms with Crippen LogP contribution in [0.2, 0.25) is 5.02 Å². The zero-order valence-corrected chi connectivity index (χ0v) is 18.7. The number of carbonyl (C=O) groups is 1. The van der Waals surface area contributed by atoms with Crippen LogP contribution in [0.3, 0.4) is 0 Å². The highest BCUT2D eigenvalue weighted by molar-refractivity contribution is 7.89. The average Bonchev–Trinajstić information content (AvgIpc) is 3.27. The molecule has 0 saturated carbocycles. The third-order valence-electron chi connectivity index (χ3n) is 4.54. The topological polar surface area (TPSA) is 88.8 Å². The molecule has 31 heavy (non-hydrogen) atoms. The number of hydrogen-bond donors (Lipinski definition) is 1. The van der Waals surface area contributed by atoms with Gasteiger partial charge in [0.05, 0.1) is 24.3 Å². The molecule has 1 aromatic heterocycles. The second-order valence-electron chi connectivity index (χ2n) is 6.73. The number of ether oxygens (including phenoxy) is 1. The summed E-state index contributed by atoms with van der Waals surface area (Å²) in [6.07, 6.45) is 1.54. The maximum Gasteiger partial charge on any atom is 0.251 e. The molecule has 164 valence electrons. The standard InChI is InChI=1S/C22H23ClN2O5S/c1-3-29-21-11-6-16(22(26)24-14-19-5-4-12-30-19)13-17(21)15-25(2)31(27,28)20-9-7-18(23)8-10-20/h4-13H,3,14-15H2,1-2H3,(H,24,26). The van der Waals surface area contributed by atoms with E-state index in [1.807, 2.05) is 6.92 Å². The first-order chi connectivity index (χ1) is 14.8. The van der Waals surface area contributed by atoms with E-state index in [1.165, 1.54) is 41.9 Å². The zero-order chi connectivity index (χ0) is 22.4. The van der Waals surface area contributed by atoms with Gasteiger partial charge in [-0.05, 0) is 61.5 Å². The Labute approximate surface area is 186 Å². The SMILES string of the molecule is CCOc1ccc(C(=O)NCc2ccco2)cc1CN(C)S(=O)(=O)c1ccc(Cl)cc1. The van der Waals surface area contributed by atoms with E-state index in [2.05, 4.69) is 5.32 Å². The maximum absolute atomic E-state index is 12.9. The van der Waals surface area contributed by atoms with Crippen molar-refractivity contribution in [2.24, 2.45) is 0 Å². The molecule has 0 aliphatic carbocycles. The number of sulfonamides is 1. The van der Waals surface area contributed by atoms with Crippen LogP contribution in [0.15, 0.2) is 70.2 Å². The third kappa shape index (κ3) is 5.66. The van der Waals surface area contributed by atoms with Gasteiger partial charge in [-0.2, -0.15) is 4.31 Å². The maximum atomic E-state index is 12.9. The number of rotatable bonds is 9. The highest BCUT2D eigenvalue weighted by Crippen LogP contribution is 2.25. The summed E-state index contributed by atoms with van der Waals surface area (Å²) in [5, 5.41) is 3.23. The van der Waals surface area contributed by atoms with Crippen LogP contribution in [0, 0.1) is 0 Å². The molecule has 0 aliphatic rings. The molecule has 0 saturated heterocycles. The molecule has 7 nitrogen and oxygen atoms in total. The second-order valence-corrected chi connectivity index (χ2v) is 9.21. The molecule has 1 amide bonds. The van der Waals surface area contributed by atoms with E-state index >= 15 is 0 Å². The van der Waals surface area contributed by atoms with Crippen molar-refractivity contribution in [3.8, 4) is 5.75 Å². The number of amides is 1. The summed E-state index contributed by atoms with van der Waals surface area (Å²) in [7, 11) is -2.28. The van der Waals surface area contributed by atoms with Gasteiger partial charge in [0, 0.05) is 29.7 Å². The van der Waals surface area contributed by atoms with Gasteiger partial charge in [0.15, 0.2) is 0 Å². The van der Waals surface area contributed by atoms with Crippen LogP contribution in [0.1, 0.15) is 28.6 Å². The monoisotopic (exact) mass is 462 g/mol. The summed E-state index contributed by atoms with van der Waals surface area (Å²) in [4.78, 5) is 12.7. The highest BCUT2D eigenvalue weighted by Gasteiger charge is 2.23. The Morgan fingerprint density at radius 1 is 1.16 bits per heavy atom. The van der Waals surface area contributed by atoms with Gasteiger partial charge in [-0.3, -0.25) is 4.79 Å². The molecular formula is C22H23ClN2O5S. The van der Waals surface area contributed by atoms with Gasteiger partial charge in [0.2, 0.25) is 10.0 Å². The van der Waals surface area contributed by atoms with Gasteiger partial charge >= 0.3 is 0 Å². The summed E-state index contributed by atoms with van der Waals surface area (Å²) < 4.78 is 37.9. The minimum absolute atomic E-state index is 0.0274. The lowest BCUT2D eigenvalue weighted by atomic mass is 10.1. The first-order valence-corrected chi connectivity index (χ1v) is 11.4. The van der Waals surface area contributed by atoms with Crippen molar-refractivity contribution in [1.29, 1.82) is 0 Å². The first kappa shape index (κ1) is 22.9. The van der Waals surface area contributed by atoms with Gasteiger partial charge in [-0.15, -0.1) is 0 Å². The fourth-order valence-corrected chi connectivity index (χ4v) is 4.21. The van der Waals surface area contributed by atoms with Crippen LogP contribution in [0.4, 0.5) is 0 Å². The Hall–Kier alpha value is -2.81. The van der Waals surface area contributed by atoms with Gasteiger partial charge in [-0.1, -0.05) is 11.6 Å². The fourth-order valence-electron chi connectivity index (χ4n) is 2.93. The van der Waals surface area contributed by atoms with Crippen molar-refractivity contribution in [2.75, 3.05) is 13.7 Å². The van der Waals surface area contributed by atoms with Crippen LogP contribution in [0.5, 0.6) is 5.75 Å². The highest BCUT2D eigenvalue weighted by atomic mass is 35.5. The van der Waals surface area contributed by atoms with Gasteiger partial charge in [-0.25, -0.2) is 8.42 Å². The number of carbonyl (C=O) groups excluding carboxylic acids is 1. The third-order valence-corrected chi connectivity index (χ3v) is 6.61. The largest absolute Gasteiger partial charge is 0.494 e. The molecule has 1 heterocycles. The molecule has 0 unspecified atom stereocenters. The molecule has 0 atom stereocenters. The van der Waals surface area contributed by atoms with Crippen LogP contribution in [0.25, 0.3) is 0 Å². The summed E-state index contributed by atoms with van der Waals surface area (Å²) in [6, 6.07) is 14.4. The molecule has 2 aromatic carbocycles. The van der Waals surface area contributed by atoms with Crippen molar-refractivity contribution >= 4 is 27.5 Å². The lowest BCUT2D eigenvalue weighted by molar-refractivity contribution is 0.0948. The van der Waals surface area contributed by atoms with Gasteiger partial charge < -0.3 is 14.5 Å². The molecule has 1 N–H and O–H groups in total. The van der Waals surface area contributed by atoms with E-state index < -0.39 is 10.0 Å². The van der Waals surface area contributed by atoms with E-state index in [4.69, 9.17) is 20.8 Å². The van der Waals surface area contributed by atoms with Gasteiger partial charge in [0.1, 0.15) is 11.5 Å². The van der Waals surface area contributed by atoms with Crippen LogP contribution in [-0.4, -0.2) is 32.3 Å². The molecule has 0 bridgehead atoms. The number of nitrogens with zero attached hydrogens (tertiary/aromatic N) is 1. The molecule has 0 fully saturated rings. The van der Waals surface area contributed by atoms with Crippen molar-refractivity contribution in [2.45, 2.75) is 24.9 Å². The number of hydrogen-bond acceptors (Lipinski definition) is 5. The van der Waals surface area contributed by atoms with Crippen LogP contribution < -0.4 is 10.1 Å². The van der Waals surface area contributed by atoms with Crippen molar-refractivity contribution < 1.29 is 22.4 Å². The number of benzene rings is 2. The Kier molecular flexibility index (Phi) is 7.37. The van der Waals surface area contributed by atoms with E-state index in [1.54, 1.807) is 30.3 Å². The van der Waals surface area contributed by atoms with E-state index in [-0.39, 0.29) is 23.9 Å². The average molecular weight is 463 g/mol. The number of furan rings is 1. The summed E-state index contributed by atoms with van der Waals surface area (Å²) in [6.45, 7) is 2.52. The van der Waals surface area contributed by atoms with Gasteiger partial charge in [0.25, 0.3) is 5.91 Å².